The number of benzene rings is 2. The maximum absolute atomic E-state index is 13.3. The largest absolute Gasteiger partial charge is 0.497 e. The molecule has 0 heterocycles. The second-order valence-corrected chi connectivity index (χ2v) is 6.81. The molecule has 5 nitrogen and oxygen atoms in total. The van der Waals surface area contributed by atoms with Crippen molar-refractivity contribution in [1.82, 2.24) is 0 Å². The van der Waals surface area contributed by atoms with Crippen LogP contribution in [0.1, 0.15) is 19.4 Å². The van der Waals surface area contributed by atoms with Crippen molar-refractivity contribution in [2.75, 3.05) is 26.1 Å². The van der Waals surface area contributed by atoms with Crippen LogP contribution in [0.4, 0.5) is 10.1 Å². The third kappa shape index (κ3) is 4.79. The van der Waals surface area contributed by atoms with Gasteiger partial charge >= 0.3 is 0 Å². The average Bonchev–Trinajstić information content (AvgIpc) is 2.59. The maximum atomic E-state index is 13.3. The van der Waals surface area contributed by atoms with Crippen molar-refractivity contribution in [3.63, 3.8) is 0 Å². The zero-order valence-electron chi connectivity index (χ0n) is 15.3. The number of nitrogens with zero attached hydrogens (tertiary/aromatic N) is 1. The summed E-state index contributed by atoms with van der Waals surface area (Å²) in [5.41, 5.74) is 7.04. The molecule has 0 atom stereocenters. The van der Waals surface area contributed by atoms with Crippen molar-refractivity contribution in [1.29, 1.82) is 0 Å². The molecule has 3 N–H and O–H groups in total. The van der Waals surface area contributed by atoms with Crippen molar-refractivity contribution in [3.8, 4) is 11.5 Å². The highest BCUT2D eigenvalue weighted by molar-refractivity contribution is 6.31. The minimum Gasteiger partial charge on any atom is -0.497 e. The smallest absolute Gasteiger partial charge is 0.193 e. The lowest BCUT2D eigenvalue weighted by molar-refractivity contribution is 0.405. The Bertz CT molecular complexity index is 809. The van der Waals surface area contributed by atoms with Gasteiger partial charge in [-0.3, -0.25) is 4.99 Å². The number of halogens is 2. The Morgan fingerprint density at radius 2 is 1.92 bits per heavy atom. The molecule has 0 amide bonds. The first kappa shape index (κ1) is 19.8. The van der Waals surface area contributed by atoms with E-state index in [4.69, 9.17) is 26.8 Å². The van der Waals surface area contributed by atoms with E-state index in [0.717, 1.165) is 5.56 Å². The number of nitrogens with two attached hydrogens (primary N) is 1. The fourth-order valence-corrected chi connectivity index (χ4v) is 2.92. The van der Waals surface area contributed by atoms with Crippen LogP contribution in [0, 0.1) is 5.82 Å². The van der Waals surface area contributed by atoms with Gasteiger partial charge in [0.2, 0.25) is 0 Å². The van der Waals surface area contributed by atoms with Gasteiger partial charge in [0.05, 0.1) is 26.5 Å². The Balaban J connectivity index is 2.17. The van der Waals surface area contributed by atoms with E-state index in [1.807, 2.05) is 13.8 Å². The van der Waals surface area contributed by atoms with Gasteiger partial charge in [-0.1, -0.05) is 31.5 Å². The maximum Gasteiger partial charge on any atom is 0.193 e. The molecule has 0 aliphatic carbocycles. The Hall–Kier alpha value is -2.47. The molecule has 0 saturated heterocycles. The van der Waals surface area contributed by atoms with Crippen LogP contribution in [0.5, 0.6) is 11.5 Å². The Morgan fingerprint density at radius 3 is 2.54 bits per heavy atom. The number of nitrogens with one attached hydrogen (secondary N) is 1. The van der Waals surface area contributed by atoms with Gasteiger partial charge in [0.1, 0.15) is 17.3 Å². The van der Waals surface area contributed by atoms with Crippen LogP contribution in [0.2, 0.25) is 5.02 Å². The SMILES string of the molecule is COc1ccc(OC)c(NC(N)=NCC(C)(C)c2ccc(F)cc2Cl)c1. The van der Waals surface area contributed by atoms with Gasteiger partial charge in [-0.05, 0) is 29.8 Å². The van der Waals surface area contributed by atoms with E-state index in [-0.39, 0.29) is 11.8 Å². The number of rotatable bonds is 6. The summed E-state index contributed by atoms with van der Waals surface area (Å²) in [4.78, 5) is 4.40. The summed E-state index contributed by atoms with van der Waals surface area (Å²) in [5.74, 6) is 1.14. The molecule has 0 aliphatic rings. The molecule has 0 unspecified atom stereocenters. The fourth-order valence-electron chi connectivity index (χ4n) is 2.50. The molecule has 0 aromatic heterocycles. The monoisotopic (exact) mass is 379 g/mol. The third-order valence-corrected chi connectivity index (χ3v) is 4.29. The molecule has 140 valence electrons. The van der Waals surface area contributed by atoms with Crippen molar-refractivity contribution < 1.29 is 13.9 Å². The number of guanidine groups is 1. The van der Waals surface area contributed by atoms with Crippen molar-refractivity contribution >= 4 is 23.2 Å². The van der Waals surface area contributed by atoms with Gasteiger partial charge in [0.15, 0.2) is 5.96 Å². The van der Waals surface area contributed by atoms with Gasteiger partial charge in [-0.25, -0.2) is 4.39 Å². The van der Waals surface area contributed by atoms with Gasteiger partial charge < -0.3 is 20.5 Å². The van der Waals surface area contributed by atoms with E-state index < -0.39 is 5.41 Å². The summed E-state index contributed by atoms with van der Waals surface area (Å²) in [5, 5.41) is 3.38. The fraction of sp³-hybridized carbons (Fsp3) is 0.316. The minimum absolute atomic E-state index is 0.225. The zero-order valence-corrected chi connectivity index (χ0v) is 16.0. The molecule has 2 rings (SSSR count). The lowest BCUT2D eigenvalue weighted by Crippen LogP contribution is -2.28. The van der Waals surface area contributed by atoms with E-state index in [0.29, 0.717) is 28.8 Å². The first-order chi connectivity index (χ1) is 12.3. The Morgan fingerprint density at radius 1 is 1.19 bits per heavy atom. The molecule has 26 heavy (non-hydrogen) atoms. The summed E-state index contributed by atoms with van der Waals surface area (Å²) in [6.45, 7) is 4.30. The van der Waals surface area contributed by atoms with Crippen LogP contribution in [0.15, 0.2) is 41.4 Å². The second-order valence-electron chi connectivity index (χ2n) is 6.40. The van der Waals surface area contributed by atoms with Gasteiger partial charge in [0, 0.05) is 16.5 Å². The molecule has 0 fully saturated rings. The lowest BCUT2D eigenvalue weighted by atomic mass is 9.84. The van der Waals surface area contributed by atoms with E-state index in [9.17, 15) is 4.39 Å². The van der Waals surface area contributed by atoms with Crippen molar-refractivity contribution in [2.45, 2.75) is 19.3 Å². The van der Waals surface area contributed by atoms with Crippen LogP contribution in [0.25, 0.3) is 0 Å². The highest BCUT2D eigenvalue weighted by Crippen LogP contribution is 2.31. The molecule has 0 spiro atoms. The second kappa shape index (κ2) is 8.27. The first-order valence-corrected chi connectivity index (χ1v) is 8.39. The van der Waals surface area contributed by atoms with Crippen LogP contribution in [-0.4, -0.2) is 26.7 Å². The van der Waals surface area contributed by atoms with Crippen LogP contribution in [-0.2, 0) is 5.41 Å². The summed E-state index contributed by atoms with van der Waals surface area (Å²) in [6, 6.07) is 9.68. The topological polar surface area (TPSA) is 68.9 Å². The first-order valence-electron chi connectivity index (χ1n) is 8.01. The molecule has 0 bridgehead atoms. The molecule has 0 saturated carbocycles. The van der Waals surface area contributed by atoms with Gasteiger partial charge in [-0.2, -0.15) is 0 Å². The van der Waals surface area contributed by atoms with E-state index in [1.165, 1.54) is 12.1 Å². The van der Waals surface area contributed by atoms with Gasteiger partial charge in [-0.15, -0.1) is 0 Å². The molecule has 0 radical (unpaired) electrons. The number of methoxy groups -OCH3 is 2. The minimum atomic E-state index is -0.421. The summed E-state index contributed by atoms with van der Waals surface area (Å²) >= 11 is 6.17. The Kier molecular flexibility index (Phi) is 6.32. The van der Waals surface area contributed by atoms with E-state index >= 15 is 0 Å². The molecule has 2 aromatic carbocycles. The van der Waals surface area contributed by atoms with E-state index in [1.54, 1.807) is 38.5 Å². The predicted octanol–water partition coefficient (Wildman–Crippen LogP) is 4.20. The molecule has 7 heteroatoms. The molecular weight excluding hydrogens is 357 g/mol. The number of anilines is 1. The van der Waals surface area contributed by atoms with Crippen LogP contribution < -0.4 is 20.5 Å². The number of ether oxygens (including phenoxy) is 2. The summed E-state index contributed by atoms with van der Waals surface area (Å²) < 4.78 is 23.8. The summed E-state index contributed by atoms with van der Waals surface area (Å²) in [7, 11) is 3.15. The van der Waals surface area contributed by atoms with Gasteiger partial charge in [0.25, 0.3) is 0 Å². The van der Waals surface area contributed by atoms with E-state index in [2.05, 4.69) is 10.3 Å². The normalized spacial score (nSPS) is 12.0. The van der Waals surface area contributed by atoms with Crippen molar-refractivity contribution in [2.24, 2.45) is 10.7 Å². The standard InChI is InChI=1S/C19H23ClFN3O2/c1-19(2,14-7-5-12(21)9-15(14)20)11-23-18(22)24-16-10-13(25-3)6-8-17(16)26-4/h5-10H,11H2,1-4H3,(H3,22,23,24). The molecule has 0 aliphatic heterocycles. The number of hydrogen-bond acceptors (Lipinski definition) is 3. The highest BCUT2D eigenvalue weighted by atomic mass is 35.5. The number of hydrogen-bond donors (Lipinski definition) is 2. The van der Waals surface area contributed by atoms with Crippen molar-refractivity contribution in [3.05, 3.63) is 52.8 Å². The zero-order chi connectivity index (χ0) is 19.3. The molecule has 2 aromatic rings. The van der Waals surface area contributed by atoms with Crippen LogP contribution >= 0.6 is 11.6 Å². The number of aliphatic imine (C=N–C) groups is 1. The quantitative estimate of drug-likeness (QED) is 0.583. The summed E-state index contributed by atoms with van der Waals surface area (Å²) in [6.07, 6.45) is 0. The average molecular weight is 380 g/mol. The predicted molar refractivity (Wildman–Crippen MR) is 104 cm³/mol. The van der Waals surface area contributed by atoms with Crippen LogP contribution in [0.3, 0.4) is 0 Å². The molecular formula is C19H23ClFN3O2. The lowest BCUT2D eigenvalue weighted by Gasteiger charge is -2.24. The third-order valence-electron chi connectivity index (χ3n) is 3.97. The highest BCUT2D eigenvalue weighted by Gasteiger charge is 2.23. The Labute approximate surface area is 158 Å².